The Morgan fingerprint density at radius 2 is 0.909 bits per heavy atom. The Labute approximate surface area is 198 Å². The first kappa shape index (κ1) is 22.8. The van der Waals surface area contributed by atoms with Crippen molar-refractivity contribution in [3.8, 4) is 5.75 Å². The SMILES string of the molecule is NCCCCCCOc1ccc(C(c2ccccc2)(c2ccccc2)c2ccccc2)cc1. The van der Waals surface area contributed by atoms with Crippen molar-refractivity contribution in [1.82, 2.24) is 0 Å². The molecule has 4 aromatic rings. The van der Waals surface area contributed by atoms with E-state index in [1.165, 1.54) is 28.7 Å². The molecule has 0 aliphatic heterocycles. The lowest BCUT2D eigenvalue weighted by atomic mass is 9.65. The van der Waals surface area contributed by atoms with Gasteiger partial charge in [-0.05, 0) is 53.8 Å². The van der Waals surface area contributed by atoms with Crippen molar-refractivity contribution < 1.29 is 4.74 Å². The van der Waals surface area contributed by atoms with E-state index in [1.807, 2.05) is 0 Å². The summed E-state index contributed by atoms with van der Waals surface area (Å²) in [6.45, 7) is 1.51. The molecular formula is C31H33NO. The van der Waals surface area contributed by atoms with Gasteiger partial charge in [-0.3, -0.25) is 0 Å². The monoisotopic (exact) mass is 435 g/mol. The van der Waals surface area contributed by atoms with Crippen LogP contribution in [0.1, 0.15) is 47.9 Å². The summed E-state index contributed by atoms with van der Waals surface area (Å²) in [7, 11) is 0. The fraction of sp³-hybridized carbons (Fsp3) is 0.226. The van der Waals surface area contributed by atoms with E-state index in [-0.39, 0.29) is 0 Å². The third-order valence-electron chi connectivity index (χ3n) is 6.27. The van der Waals surface area contributed by atoms with Crippen molar-refractivity contribution in [3.05, 3.63) is 138 Å². The van der Waals surface area contributed by atoms with Crippen molar-refractivity contribution in [1.29, 1.82) is 0 Å². The van der Waals surface area contributed by atoms with Crippen molar-refractivity contribution in [2.75, 3.05) is 13.2 Å². The predicted octanol–water partition coefficient (Wildman–Crippen LogP) is 6.97. The fourth-order valence-corrected chi connectivity index (χ4v) is 4.66. The van der Waals surface area contributed by atoms with Crippen molar-refractivity contribution in [3.63, 3.8) is 0 Å². The first-order chi connectivity index (χ1) is 16.4. The molecule has 0 unspecified atom stereocenters. The molecule has 0 spiro atoms. The molecule has 0 bridgehead atoms. The van der Waals surface area contributed by atoms with Crippen LogP contribution in [0.5, 0.6) is 5.75 Å². The molecule has 0 heterocycles. The van der Waals surface area contributed by atoms with Crippen LogP contribution in [-0.4, -0.2) is 13.2 Å². The normalized spacial score (nSPS) is 11.3. The van der Waals surface area contributed by atoms with Crippen LogP contribution in [0.3, 0.4) is 0 Å². The highest BCUT2D eigenvalue weighted by molar-refractivity contribution is 5.60. The van der Waals surface area contributed by atoms with Crippen LogP contribution < -0.4 is 10.5 Å². The second kappa shape index (κ2) is 11.5. The molecule has 0 amide bonds. The van der Waals surface area contributed by atoms with E-state index >= 15 is 0 Å². The van der Waals surface area contributed by atoms with Gasteiger partial charge in [0.05, 0.1) is 12.0 Å². The zero-order valence-electron chi connectivity index (χ0n) is 19.2. The molecule has 0 saturated heterocycles. The molecule has 0 radical (unpaired) electrons. The summed E-state index contributed by atoms with van der Waals surface area (Å²) < 4.78 is 6.04. The number of ether oxygens (including phenoxy) is 1. The molecule has 2 N–H and O–H groups in total. The third kappa shape index (κ3) is 5.18. The fourth-order valence-electron chi connectivity index (χ4n) is 4.66. The van der Waals surface area contributed by atoms with Gasteiger partial charge in [-0.2, -0.15) is 0 Å². The Bertz CT molecular complexity index is 979. The van der Waals surface area contributed by atoms with Gasteiger partial charge in [0.1, 0.15) is 5.75 Å². The summed E-state index contributed by atoms with van der Waals surface area (Å²) in [5.74, 6) is 0.917. The summed E-state index contributed by atoms with van der Waals surface area (Å²) in [4.78, 5) is 0. The van der Waals surface area contributed by atoms with Gasteiger partial charge >= 0.3 is 0 Å². The van der Waals surface area contributed by atoms with Gasteiger partial charge in [-0.1, -0.05) is 116 Å². The van der Waals surface area contributed by atoms with Gasteiger partial charge in [0.15, 0.2) is 0 Å². The van der Waals surface area contributed by atoms with Crippen molar-refractivity contribution in [2.24, 2.45) is 5.73 Å². The molecule has 33 heavy (non-hydrogen) atoms. The van der Waals surface area contributed by atoms with Gasteiger partial charge in [0.25, 0.3) is 0 Å². The summed E-state index contributed by atoms with van der Waals surface area (Å²) in [6.07, 6.45) is 4.49. The van der Waals surface area contributed by atoms with Crippen LogP contribution in [-0.2, 0) is 5.41 Å². The van der Waals surface area contributed by atoms with E-state index < -0.39 is 5.41 Å². The zero-order valence-corrected chi connectivity index (χ0v) is 19.2. The highest BCUT2D eigenvalue weighted by Crippen LogP contribution is 2.45. The van der Waals surface area contributed by atoms with E-state index in [9.17, 15) is 0 Å². The lowest BCUT2D eigenvalue weighted by Crippen LogP contribution is -2.30. The highest BCUT2D eigenvalue weighted by atomic mass is 16.5. The zero-order chi connectivity index (χ0) is 22.8. The molecular weight excluding hydrogens is 402 g/mol. The highest BCUT2D eigenvalue weighted by Gasteiger charge is 2.38. The quantitative estimate of drug-likeness (QED) is 0.204. The lowest BCUT2D eigenvalue weighted by molar-refractivity contribution is 0.304. The van der Waals surface area contributed by atoms with Crippen LogP contribution in [0.15, 0.2) is 115 Å². The minimum absolute atomic E-state index is 0.412. The lowest BCUT2D eigenvalue weighted by Gasteiger charge is -2.36. The van der Waals surface area contributed by atoms with E-state index in [1.54, 1.807) is 0 Å². The predicted molar refractivity (Wildman–Crippen MR) is 138 cm³/mol. The van der Waals surface area contributed by atoms with Crippen molar-refractivity contribution >= 4 is 0 Å². The summed E-state index contributed by atoms with van der Waals surface area (Å²) in [5, 5.41) is 0. The minimum atomic E-state index is -0.412. The summed E-state index contributed by atoms with van der Waals surface area (Å²) in [5.41, 5.74) is 10.1. The standard InChI is InChI=1S/C31H33NO/c32-24-12-1-2-13-25-33-30-22-20-29(21-23-30)31(26-14-6-3-7-15-26,27-16-8-4-9-17-27)28-18-10-5-11-19-28/h3-11,14-23H,1-2,12-13,24-25,32H2. The van der Waals surface area contributed by atoms with Gasteiger partial charge in [0, 0.05) is 0 Å². The van der Waals surface area contributed by atoms with Crippen LogP contribution in [0.2, 0.25) is 0 Å². The molecule has 168 valence electrons. The molecule has 0 aliphatic carbocycles. The molecule has 2 nitrogen and oxygen atoms in total. The number of hydrogen-bond donors (Lipinski definition) is 1. The Kier molecular flexibility index (Phi) is 7.94. The Hall–Kier alpha value is -3.36. The number of unbranched alkanes of at least 4 members (excludes halogenated alkanes) is 3. The van der Waals surface area contributed by atoms with Gasteiger partial charge in [0.2, 0.25) is 0 Å². The minimum Gasteiger partial charge on any atom is -0.494 e. The number of nitrogens with two attached hydrogens (primary N) is 1. The first-order valence-electron chi connectivity index (χ1n) is 12.0. The summed E-state index contributed by atoms with van der Waals surface area (Å²) >= 11 is 0. The van der Waals surface area contributed by atoms with Gasteiger partial charge < -0.3 is 10.5 Å². The van der Waals surface area contributed by atoms with Crippen LogP contribution in [0.4, 0.5) is 0 Å². The molecule has 4 rings (SSSR count). The van der Waals surface area contributed by atoms with Gasteiger partial charge in [-0.25, -0.2) is 0 Å². The van der Waals surface area contributed by atoms with E-state index in [0.29, 0.717) is 0 Å². The third-order valence-corrected chi connectivity index (χ3v) is 6.27. The first-order valence-corrected chi connectivity index (χ1v) is 12.0. The number of rotatable bonds is 11. The second-order valence-electron chi connectivity index (χ2n) is 8.42. The average molecular weight is 436 g/mol. The largest absolute Gasteiger partial charge is 0.494 e. The Morgan fingerprint density at radius 3 is 1.36 bits per heavy atom. The molecule has 4 aromatic carbocycles. The van der Waals surface area contributed by atoms with Crippen LogP contribution >= 0.6 is 0 Å². The van der Waals surface area contributed by atoms with Crippen LogP contribution in [0, 0.1) is 0 Å². The molecule has 0 atom stereocenters. The van der Waals surface area contributed by atoms with Crippen molar-refractivity contribution in [2.45, 2.75) is 31.1 Å². The van der Waals surface area contributed by atoms with E-state index in [4.69, 9.17) is 10.5 Å². The molecule has 2 heteroatoms. The topological polar surface area (TPSA) is 35.2 Å². The Balaban J connectivity index is 1.72. The van der Waals surface area contributed by atoms with Gasteiger partial charge in [-0.15, -0.1) is 0 Å². The maximum absolute atomic E-state index is 6.04. The Morgan fingerprint density at radius 1 is 0.485 bits per heavy atom. The smallest absolute Gasteiger partial charge is 0.119 e. The summed E-state index contributed by atoms with van der Waals surface area (Å²) in [6, 6.07) is 41.0. The molecule has 0 saturated carbocycles. The molecule has 0 fully saturated rings. The average Bonchev–Trinajstić information content (AvgIpc) is 2.89. The second-order valence-corrected chi connectivity index (χ2v) is 8.42. The van der Waals surface area contributed by atoms with E-state index in [0.717, 1.165) is 38.2 Å². The van der Waals surface area contributed by atoms with Crippen LogP contribution in [0.25, 0.3) is 0 Å². The number of benzene rings is 4. The van der Waals surface area contributed by atoms with E-state index in [2.05, 4.69) is 115 Å². The molecule has 0 aromatic heterocycles. The maximum Gasteiger partial charge on any atom is 0.119 e. The number of hydrogen-bond acceptors (Lipinski definition) is 2. The maximum atomic E-state index is 6.04. The molecule has 0 aliphatic rings.